The minimum Gasteiger partial charge on any atom is -0.454 e. The van der Waals surface area contributed by atoms with E-state index in [1.807, 2.05) is 6.07 Å². The minimum atomic E-state index is -1.04. The Morgan fingerprint density at radius 3 is 2.64 bits per heavy atom. The third kappa shape index (κ3) is 2.72. The first-order chi connectivity index (χ1) is 10.5. The molecule has 0 unspecified atom stereocenters. The summed E-state index contributed by atoms with van der Waals surface area (Å²) in [4.78, 5) is 13.6. The molecule has 1 amide bonds. The van der Waals surface area contributed by atoms with Gasteiger partial charge in [0, 0.05) is 19.2 Å². The molecular weight excluding hydrogens is 292 g/mol. The summed E-state index contributed by atoms with van der Waals surface area (Å²) in [6.07, 6.45) is 0. The van der Waals surface area contributed by atoms with Crippen molar-refractivity contribution in [2.45, 2.75) is 6.54 Å². The van der Waals surface area contributed by atoms with Gasteiger partial charge in [-0.1, -0.05) is 6.07 Å². The molecule has 1 aliphatic rings. The molecule has 1 heterocycles. The Bertz CT molecular complexity index is 733. The van der Waals surface area contributed by atoms with Gasteiger partial charge in [-0.05, 0) is 35.9 Å². The fraction of sp³-hybridized carbons (Fsp3) is 0.188. The van der Waals surface area contributed by atoms with Crippen molar-refractivity contribution < 1.29 is 23.0 Å². The molecule has 0 atom stereocenters. The Labute approximate surface area is 125 Å². The first-order valence-electron chi connectivity index (χ1n) is 6.63. The molecule has 0 bridgehead atoms. The van der Waals surface area contributed by atoms with E-state index in [1.165, 1.54) is 11.0 Å². The van der Waals surface area contributed by atoms with Crippen LogP contribution in [0.4, 0.5) is 8.78 Å². The number of amides is 1. The summed E-state index contributed by atoms with van der Waals surface area (Å²) >= 11 is 0. The van der Waals surface area contributed by atoms with Crippen molar-refractivity contribution >= 4 is 5.91 Å². The summed E-state index contributed by atoms with van der Waals surface area (Å²) in [5.74, 6) is -1.11. The number of ether oxygens (including phenoxy) is 2. The molecule has 0 saturated heterocycles. The zero-order chi connectivity index (χ0) is 15.7. The highest BCUT2D eigenvalue weighted by molar-refractivity contribution is 5.94. The van der Waals surface area contributed by atoms with Crippen LogP contribution in [0, 0.1) is 11.6 Å². The average molecular weight is 305 g/mol. The second-order valence-electron chi connectivity index (χ2n) is 4.98. The van der Waals surface area contributed by atoms with Gasteiger partial charge >= 0.3 is 0 Å². The summed E-state index contributed by atoms with van der Waals surface area (Å²) < 4.78 is 36.6. The molecule has 2 aromatic rings. The molecule has 6 heteroatoms. The van der Waals surface area contributed by atoms with E-state index in [1.54, 1.807) is 19.2 Å². The van der Waals surface area contributed by atoms with Gasteiger partial charge in [-0.3, -0.25) is 4.79 Å². The molecular formula is C16H13F2NO3. The predicted molar refractivity (Wildman–Crippen MR) is 74.7 cm³/mol. The molecule has 0 aliphatic carbocycles. The fourth-order valence-corrected chi connectivity index (χ4v) is 2.23. The van der Waals surface area contributed by atoms with Crippen LogP contribution in [-0.2, 0) is 6.54 Å². The largest absolute Gasteiger partial charge is 0.454 e. The van der Waals surface area contributed by atoms with Crippen LogP contribution < -0.4 is 9.47 Å². The third-order valence-electron chi connectivity index (χ3n) is 3.37. The molecule has 22 heavy (non-hydrogen) atoms. The molecule has 0 radical (unpaired) electrons. The molecule has 114 valence electrons. The predicted octanol–water partition coefficient (Wildman–Crippen LogP) is 2.97. The van der Waals surface area contributed by atoms with E-state index in [-0.39, 0.29) is 12.4 Å². The molecule has 1 aliphatic heterocycles. The second kappa shape index (κ2) is 5.63. The lowest BCUT2D eigenvalue weighted by Gasteiger charge is -2.17. The van der Waals surface area contributed by atoms with Gasteiger partial charge in [-0.2, -0.15) is 0 Å². The van der Waals surface area contributed by atoms with Gasteiger partial charge in [-0.25, -0.2) is 8.78 Å². The number of benzene rings is 2. The van der Waals surface area contributed by atoms with Crippen LogP contribution in [-0.4, -0.2) is 24.6 Å². The number of rotatable bonds is 3. The summed E-state index contributed by atoms with van der Waals surface area (Å²) in [7, 11) is 1.59. The van der Waals surface area contributed by atoms with Crippen molar-refractivity contribution in [3.05, 3.63) is 59.2 Å². The molecule has 0 fully saturated rings. The van der Waals surface area contributed by atoms with Gasteiger partial charge in [0.2, 0.25) is 6.79 Å². The number of halogens is 2. The van der Waals surface area contributed by atoms with Crippen LogP contribution in [0.1, 0.15) is 15.9 Å². The topological polar surface area (TPSA) is 38.8 Å². The van der Waals surface area contributed by atoms with E-state index in [0.717, 1.165) is 17.7 Å². The van der Waals surface area contributed by atoms with Crippen LogP contribution in [0.25, 0.3) is 0 Å². The molecule has 0 N–H and O–H groups in total. The fourth-order valence-electron chi connectivity index (χ4n) is 2.23. The van der Waals surface area contributed by atoms with E-state index < -0.39 is 17.5 Å². The van der Waals surface area contributed by atoms with Crippen LogP contribution in [0.15, 0.2) is 36.4 Å². The van der Waals surface area contributed by atoms with Crippen LogP contribution >= 0.6 is 0 Å². The monoisotopic (exact) mass is 305 g/mol. The van der Waals surface area contributed by atoms with E-state index in [2.05, 4.69) is 0 Å². The lowest BCUT2D eigenvalue weighted by atomic mass is 10.1. The van der Waals surface area contributed by atoms with Crippen LogP contribution in [0.2, 0.25) is 0 Å². The van der Waals surface area contributed by atoms with Crippen molar-refractivity contribution in [1.29, 1.82) is 0 Å². The maximum atomic E-state index is 13.2. The lowest BCUT2D eigenvalue weighted by Crippen LogP contribution is -2.26. The van der Waals surface area contributed by atoms with E-state index in [4.69, 9.17) is 9.47 Å². The van der Waals surface area contributed by atoms with Crippen LogP contribution in [0.3, 0.4) is 0 Å². The number of hydrogen-bond acceptors (Lipinski definition) is 3. The Kier molecular flexibility index (Phi) is 3.66. The Balaban J connectivity index is 1.74. The minimum absolute atomic E-state index is 0.0992. The van der Waals surface area contributed by atoms with Crippen LogP contribution in [0.5, 0.6) is 11.5 Å². The molecule has 0 aromatic heterocycles. The number of carbonyl (C=O) groups excluding carboxylic acids is 1. The quantitative estimate of drug-likeness (QED) is 0.875. The normalized spacial score (nSPS) is 12.3. The van der Waals surface area contributed by atoms with Crippen molar-refractivity contribution in [2.75, 3.05) is 13.8 Å². The van der Waals surface area contributed by atoms with Crippen molar-refractivity contribution in [2.24, 2.45) is 0 Å². The number of hydrogen-bond donors (Lipinski definition) is 0. The summed E-state index contributed by atoms with van der Waals surface area (Å²) in [5.41, 5.74) is 0.949. The number of carbonyl (C=O) groups is 1. The smallest absolute Gasteiger partial charge is 0.254 e. The summed E-state index contributed by atoms with van der Waals surface area (Å²) in [6, 6.07) is 8.48. The highest BCUT2D eigenvalue weighted by atomic mass is 19.2. The standard InChI is InChI=1S/C16H13F2NO3/c1-19(16(20)11-3-4-12(17)13(18)7-11)8-10-2-5-14-15(6-10)22-9-21-14/h2-7H,8-9H2,1H3. The zero-order valence-electron chi connectivity index (χ0n) is 11.8. The molecule has 3 rings (SSSR count). The SMILES string of the molecule is CN(Cc1ccc2c(c1)OCO2)C(=O)c1ccc(F)c(F)c1. The van der Waals surface area contributed by atoms with Gasteiger partial charge in [0.1, 0.15) is 0 Å². The molecule has 0 saturated carbocycles. The summed E-state index contributed by atoms with van der Waals surface area (Å²) in [5, 5.41) is 0. The maximum Gasteiger partial charge on any atom is 0.254 e. The highest BCUT2D eigenvalue weighted by Gasteiger charge is 2.17. The van der Waals surface area contributed by atoms with E-state index in [9.17, 15) is 13.6 Å². The van der Waals surface area contributed by atoms with Crippen molar-refractivity contribution in [3.8, 4) is 11.5 Å². The highest BCUT2D eigenvalue weighted by Crippen LogP contribution is 2.32. The second-order valence-corrected chi connectivity index (χ2v) is 4.98. The van der Waals surface area contributed by atoms with Gasteiger partial charge in [-0.15, -0.1) is 0 Å². The first kappa shape index (κ1) is 14.3. The zero-order valence-corrected chi connectivity index (χ0v) is 11.8. The molecule has 0 spiro atoms. The van der Waals surface area contributed by atoms with Gasteiger partial charge in [0.15, 0.2) is 23.1 Å². The Morgan fingerprint density at radius 1 is 1.09 bits per heavy atom. The molecule has 2 aromatic carbocycles. The number of fused-ring (bicyclic) bond motifs is 1. The number of nitrogens with zero attached hydrogens (tertiary/aromatic N) is 1. The van der Waals surface area contributed by atoms with Gasteiger partial charge < -0.3 is 14.4 Å². The summed E-state index contributed by atoms with van der Waals surface area (Å²) in [6.45, 7) is 0.497. The first-order valence-corrected chi connectivity index (χ1v) is 6.63. The van der Waals surface area contributed by atoms with Crippen molar-refractivity contribution in [1.82, 2.24) is 4.90 Å². The van der Waals surface area contributed by atoms with Gasteiger partial charge in [0.25, 0.3) is 5.91 Å². The lowest BCUT2D eigenvalue weighted by molar-refractivity contribution is 0.0784. The average Bonchev–Trinajstić information content (AvgIpc) is 2.97. The van der Waals surface area contributed by atoms with E-state index >= 15 is 0 Å². The van der Waals surface area contributed by atoms with E-state index in [0.29, 0.717) is 18.0 Å². The van der Waals surface area contributed by atoms with Crippen molar-refractivity contribution in [3.63, 3.8) is 0 Å². The van der Waals surface area contributed by atoms with Gasteiger partial charge in [0.05, 0.1) is 0 Å². The molecule has 4 nitrogen and oxygen atoms in total. The Hall–Kier alpha value is -2.63. The maximum absolute atomic E-state index is 13.2. The third-order valence-corrected chi connectivity index (χ3v) is 3.37. The Morgan fingerprint density at radius 2 is 1.86 bits per heavy atom.